The number of aromatic nitrogens is 1. The number of hydrogen-bond donors (Lipinski definition) is 3. The summed E-state index contributed by atoms with van der Waals surface area (Å²) >= 11 is 12.4. The number of carbonyl (C=O) groups excluding carboxylic acids is 1. The standard InChI is InChI=1S/C30H31Cl2N3O4/c1-28(2,38)19-11-23-25-13-29(25,16-33-9-10-36)17-39-30(18-3-5-20(31)6-4-18)26(23)24(12-19)27(37)35(30)15-22-8-7-21(32)14-34-22/h3-8,11-12,14,25,33,36,38H,9-10,13,15-17H2,1-2H3/t25?,29?,30-/m1/s1. The van der Waals surface area contributed by atoms with Crippen LogP contribution in [0.5, 0.6) is 0 Å². The number of halogens is 2. The van der Waals surface area contributed by atoms with Crippen LogP contribution in [-0.2, 0) is 22.6 Å². The summed E-state index contributed by atoms with van der Waals surface area (Å²) in [5, 5.41) is 24.9. The number of fused-ring (bicyclic) bond motifs is 2. The van der Waals surface area contributed by atoms with E-state index in [1.165, 1.54) is 0 Å². The van der Waals surface area contributed by atoms with Gasteiger partial charge in [0.2, 0.25) is 0 Å². The molecule has 39 heavy (non-hydrogen) atoms. The monoisotopic (exact) mass is 567 g/mol. The maximum atomic E-state index is 14.3. The molecule has 204 valence electrons. The van der Waals surface area contributed by atoms with Crippen molar-refractivity contribution in [1.82, 2.24) is 15.2 Å². The first-order valence-corrected chi connectivity index (χ1v) is 13.9. The molecule has 3 aliphatic rings. The van der Waals surface area contributed by atoms with Crippen molar-refractivity contribution in [3.05, 3.63) is 98.3 Å². The summed E-state index contributed by atoms with van der Waals surface area (Å²) in [6.45, 7) is 5.29. The molecule has 1 aliphatic carbocycles. The molecule has 6 rings (SSSR count). The van der Waals surface area contributed by atoms with Gasteiger partial charge in [0.1, 0.15) is 0 Å². The lowest BCUT2D eigenvalue weighted by molar-refractivity contribution is -0.122. The number of amides is 1. The van der Waals surface area contributed by atoms with Gasteiger partial charge in [-0.2, -0.15) is 0 Å². The van der Waals surface area contributed by atoms with Gasteiger partial charge in [0.25, 0.3) is 5.91 Å². The predicted octanol–water partition coefficient (Wildman–Crippen LogP) is 4.56. The number of nitrogens with one attached hydrogen (secondary N) is 1. The van der Waals surface area contributed by atoms with E-state index >= 15 is 0 Å². The van der Waals surface area contributed by atoms with Gasteiger partial charge in [-0.3, -0.25) is 14.7 Å². The molecule has 1 aromatic heterocycles. The van der Waals surface area contributed by atoms with Crippen molar-refractivity contribution in [2.75, 3.05) is 26.3 Å². The summed E-state index contributed by atoms with van der Waals surface area (Å²) in [6.07, 6.45) is 2.46. The van der Waals surface area contributed by atoms with E-state index in [9.17, 15) is 15.0 Å². The summed E-state index contributed by atoms with van der Waals surface area (Å²) in [5.74, 6) is -0.0501. The minimum absolute atomic E-state index is 0.0519. The molecule has 1 fully saturated rings. The Hall–Kier alpha value is -2.52. The quantitative estimate of drug-likeness (QED) is 0.345. The Balaban J connectivity index is 1.58. The first kappa shape index (κ1) is 26.7. The van der Waals surface area contributed by atoms with Crippen LogP contribution >= 0.6 is 23.2 Å². The number of hydrogen-bond acceptors (Lipinski definition) is 6. The van der Waals surface area contributed by atoms with Gasteiger partial charge in [0.15, 0.2) is 5.72 Å². The zero-order valence-electron chi connectivity index (χ0n) is 21.9. The molecule has 2 aromatic carbocycles. The highest BCUT2D eigenvalue weighted by molar-refractivity contribution is 6.30. The minimum atomic E-state index is -1.21. The van der Waals surface area contributed by atoms with Crippen molar-refractivity contribution in [3.63, 3.8) is 0 Å². The Morgan fingerprint density at radius 2 is 1.90 bits per heavy atom. The van der Waals surface area contributed by atoms with E-state index in [-0.39, 0.29) is 30.4 Å². The van der Waals surface area contributed by atoms with Crippen LogP contribution in [-0.4, -0.2) is 52.3 Å². The van der Waals surface area contributed by atoms with Crippen molar-refractivity contribution < 1.29 is 19.7 Å². The summed E-state index contributed by atoms with van der Waals surface area (Å²) in [7, 11) is 0. The van der Waals surface area contributed by atoms with Gasteiger partial charge in [0, 0.05) is 46.4 Å². The third-order valence-electron chi connectivity index (χ3n) is 8.31. The molecule has 1 saturated carbocycles. The van der Waals surface area contributed by atoms with Gasteiger partial charge in [0.05, 0.1) is 36.1 Å². The largest absolute Gasteiger partial charge is 0.395 e. The fourth-order valence-corrected chi connectivity index (χ4v) is 6.41. The molecule has 0 radical (unpaired) electrons. The fourth-order valence-electron chi connectivity index (χ4n) is 6.18. The number of rotatable bonds is 8. The number of ether oxygens (including phenoxy) is 1. The van der Waals surface area contributed by atoms with E-state index in [2.05, 4.69) is 10.3 Å². The Labute approximate surface area is 237 Å². The molecule has 1 amide bonds. The number of carbonyl (C=O) groups is 1. The zero-order chi connectivity index (χ0) is 27.6. The van der Waals surface area contributed by atoms with E-state index in [0.29, 0.717) is 46.6 Å². The summed E-state index contributed by atoms with van der Waals surface area (Å²) < 4.78 is 6.98. The Morgan fingerprint density at radius 1 is 1.15 bits per heavy atom. The fraction of sp³-hybridized carbons (Fsp3) is 0.400. The van der Waals surface area contributed by atoms with Gasteiger partial charge in [-0.25, -0.2) is 0 Å². The van der Waals surface area contributed by atoms with Crippen LogP contribution < -0.4 is 5.32 Å². The van der Waals surface area contributed by atoms with Crippen LogP contribution in [0.25, 0.3) is 0 Å². The molecule has 2 unspecified atom stereocenters. The van der Waals surface area contributed by atoms with E-state index in [1.54, 1.807) is 31.0 Å². The molecule has 3 N–H and O–H groups in total. The molecule has 9 heteroatoms. The minimum Gasteiger partial charge on any atom is -0.395 e. The van der Waals surface area contributed by atoms with Crippen LogP contribution in [0, 0.1) is 5.41 Å². The van der Waals surface area contributed by atoms with Crippen molar-refractivity contribution in [3.8, 4) is 0 Å². The second kappa shape index (κ2) is 9.54. The molecule has 2 aliphatic heterocycles. The summed E-state index contributed by atoms with van der Waals surface area (Å²) in [6, 6.07) is 14.9. The molecule has 3 atom stereocenters. The van der Waals surface area contributed by atoms with E-state index in [0.717, 1.165) is 23.1 Å². The Bertz CT molecular complexity index is 1420. The molecule has 0 bridgehead atoms. The maximum Gasteiger partial charge on any atom is 0.257 e. The summed E-state index contributed by atoms with van der Waals surface area (Å²) in [5.41, 5.74) is 1.99. The first-order chi connectivity index (χ1) is 18.6. The average Bonchev–Trinajstić information content (AvgIpc) is 3.58. The van der Waals surface area contributed by atoms with Gasteiger partial charge in [-0.15, -0.1) is 0 Å². The first-order valence-electron chi connectivity index (χ1n) is 13.1. The number of aliphatic hydroxyl groups is 2. The molecular weight excluding hydrogens is 537 g/mol. The topological polar surface area (TPSA) is 94.9 Å². The van der Waals surface area contributed by atoms with Gasteiger partial charge in [-0.1, -0.05) is 41.4 Å². The second-order valence-electron chi connectivity index (χ2n) is 11.4. The average molecular weight is 569 g/mol. The number of aliphatic hydroxyl groups excluding tert-OH is 1. The van der Waals surface area contributed by atoms with E-state index in [4.69, 9.17) is 27.9 Å². The van der Waals surface area contributed by atoms with Crippen LogP contribution in [0.1, 0.15) is 64.5 Å². The van der Waals surface area contributed by atoms with Gasteiger partial charge in [-0.05, 0) is 67.6 Å². The number of nitrogens with zero attached hydrogens (tertiary/aromatic N) is 2. The van der Waals surface area contributed by atoms with Crippen molar-refractivity contribution in [2.45, 2.75) is 44.1 Å². The molecule has 0 spiro atoms. The summed E-state index contributed by atoms with van der Waals surface area (Å²) in [4.78, 5) is 20.5. The molecular formula is C30H31Cl2N3O4. The smallest absolute Gasteiger partial charge is 0.257 e. The van der Waals surface area contributed by atoms with Crippen LogP contribution in [0.15, 0.2) is 54.7 Å². The van der Waals surface area contributed by atoms with Crippen LogP contribution in [0.2, 0.25) is 10.0 Å². The molecule has 0 saturated heterocycles. The lowest BCUT2D eigenvalue weighted by atomic mass is 9.83. The lowest BCUT2D eigenvalue weighted by Crippen LogP contribution is -2.47. The normalized spacial score (nSPS) is 25.3. The highest BCUT2D eigenvalue weighted by Crippen LogP contribution is 2.66. The van der Waals surface area contributed by atoms with Gasteiger partial charge < -0.3 is 20.3 Å². The van der Waals surface area contributed by atoms with Crippen LogP contribution in [0.4, 0.5) is 0 Å². The van der Waals surface area contributed by atoms with Crippen LogP contribution in [0.3, 0.4) is 0 Å². The van der Waals surface area contributed by atoms with E-state index < -0.39 is 11.3 Å². The van der Waals surface area contributed by atoms with Gasteiger partial charge >= 0.3 is 0 Å². The third-order valence-corrected chi connectivity index (χ3v) is 8.79. The lowest BCUT2D eigenvalue weighted by Gasteiger charge is -2.40. The third kappa shape index (κ3) is 4.36. The number of benzene rings is 2. The Morgan fingerprint density at radius 3 is 2.56 bits per heavy atom. The predicted molar refractivity (Wildman–Crippen MR) is 149 cm³/mol. The molecule has 3 aromatic rings. The highest BCUT2D eigenvalue weighted by Gasteiger charge is 2.64. The van der Waals surface area contributed by atoms with Crippen molar-refractivity contribution >= 4 is 29.1 Å². The Kier molecular flexibility index (Phi) is 6.53. The van der Waals surface area contributed by atoms with Crippen molar-refractivity contribution in [2.24, 2.45) is 5.41 Å². The second-order valence-corrected chi connectivity index (χ2v) is 12.2. The van der Waals surface area contributed by atoms with E-state index in [1.807, 2.05) is 42.5 Å². The SMILES string of the molecule is CC(C)(O)c1cc2c3c(c1)C1CC1(CNCCO)CO[C@@]3(c1ccc(Cl)cc1)N(Cc1ccc(Cl)cn1)C2=O. The molecule has 3 heterocycles. The molecule has 7 nitrogen and oxygen atoms in total. The van der Waals surface area contributed by atoms with Crippen molar-refractivity contribution in [1.29, 1.82) is 0 Å². The highest BCUT2D eigenvalue weighted by atomic mass is 35.5. The zero-order valence-corrected chi connectivity index (χ0v) is 23.4. The number of pyridine rings is 1. The maximum absolute atomic E-state index is 14.3.